The van der Waals surface area contributed by atoms with E-state index in [1.165, 1.54) is 5.56 Å². The predicted molar refractivity (Wildman–Crippen MR) is 87.3 cm³/mol. The average Bonchev–Trinajstić information content (AvgIpc) is 2.45. The fourth-order valence-corrected chi connectivity index (χ4v) is 1.97. The van der Waals surface area contributed by atoms with Gasteiger partial charge in [0.1, 0.15) is 12.4 Å². The number of hydrogen-bond acceptors (Lipinski definition) is 2. The Labute approximate surface area is 125 Å². The first-order valence-electron chi connectivity index (χ1n) is 6.53. The van der Waals surface area contributed by atoms with Gasteiger partial charge in [-0.2, -0.15) is 0 Å². The van der Waals surface area contributed by atoms with Gasteiger partial charge in [-0.05, 0) is 49.0 Å². The third-order valence-corrected chi connectivity index (χ3v) is 2.92. The van der Waals surface area contributed by atoms with Gasteiger partial charge in [-0.1, -0.05) is 30.3 Å². The molecule has 2 aromatic rings. The zero-order valence-corrected chi connectivity index (χ0v) is 12.2. The third kappa shape index (κ3) is 4.90. The van der Waals surface area contributed by atoms with E-state index in [1.807, 2.05) is 42.5 Å². The quantitative estimate of drug-likeness (QED) is 0.652. The topological polar surface area (TPSA) is 33.3 Å². The molecule has 4 heteroatoms. The Morgan fingerprint density at radius 1 is 1.10 bits per heavy atom. The van der Waals surface area contributed by atoms with Crippen LogP contribution >= 0.6 is 12.2 Å². The molecule has 3 nitrogen and oxygen atoms in total. The Hall–Kier alpha value is -2.07. The molecule has 104 valence electrons. The lowest BCUT2D eigenvalue weighted by Gasteiger charge is -2.11. The number of rotatable bonds is 5. The number of thiocarbonyl (C=S) groups is 1. The van der Waals surface area contributed by atoms with Gasteiger partial charge in [0.15, 0.2) is 5.11 Å². The second kappa shape index (κ2) is 7.50. The molecule has 0 aliphatic heterocycles. The largest absolute Gasteiger partial charge is 0.492 e. The Balaban J connectivity index is 1.68. The molecule has 2 N–H and O–H groups in total. The number of nitrogens with one attached hydrogen (secondary N) is 2. The second-order valence-electron chi connectivity index (χ2n) is 4.41. The highest BCUT2D eigenvalue weighted by Gasteiger charge is 1.97. The van der Waals surface area contributed by atoms with Crippen LogP contribution in [0.5, 0.6) is 5.75 Å². The fourth-order valence-electron chi connectivity index (χ4n) is 1.75. The van der Waals surface area contributed by atoms with Crippen molar-refractivity contribution in [3.8, 4) is 5.75 Å². The molecule has 0 unspecified atom stereocenters. The van der Waals surface area contributed by atoms with Crippen molar-refractivity contribution in [1.29, 1.82) is 0 Å². The summed E-state index contributed by atoms with van der Waals surface area (Å²) in [6.07, 6.45) is 0. The van der Waals surface area contributed by atoms with Crippen molar-refractivity contribution in [3.05, 3.63) is 60.2 Å². The minimum absolute atomic E-state index is 0.569. The molecular formula is C16H18N2OS. The molecule has 0 amide bonds. The average molecular weight is 286 g/mol. The summed E-state index contributed by atoms with van der Waals surface area (Å²) in [6.45, 7) is 3.28. The third-order valence-electron chi connectivity index (χ3n) is 2.68. The van der Waals surface area contributed by atoms with Crippen molar-refractivity contribution in [2.24, 2.45) is 0 Å². The lowest BCUT2D eigenvalue weighted by Crippen LogP contribution is -2.31. The van der Waals surface area contributed by atoms with E-state index in [1.54, 1.807) is 0 Å². The zero-order valence-electron chi connectivity index (χ0n) is 11.4. The zero-order chi connectivity index (χ0) is 14.2. The molecule has 0 aromatic heterocycles. The van der Waals surface area contributed by atoms with Gasteiger partial charge >= 0.3 is 0 Å². The summed E-state index contributed by atoms with van der Waals surface area (Å²) in [5, 5.41) is 6.87. The number of hydrogen-bond donors (Lipinski definition) is 2. The molecule has 0 heterocycles. The van der Waals surface area contributed by atoms with E-state index in [-0.39, 0.29) is 0 Å². The summed E-state index contributed by atoms with van der Waals surface area (Å²) in [6, 6.07) is 17.8. The minimum Gasteiger partial charge on any atom is -0.492 e. The van der Waals surface area contributed by atoms with Crippen LogP contribution in [0.15, 0.2) is 54.6 Å². The standard InChI is InChI=1S/C16H18N2OS/c1-13-6-5-7-14(12-13)18-16(20)17-10-11-19-15-8-3-2-4-9-15/h2-9,12H,10-11H2,1H3,(H2,17,18,20). The molecule has 20 heavy (non-hydrogen) atoms. The Bertz CT molecular complexity index is 557. The van der Waals surface area contributed by atoms with E-state index in [9.17, 15) is 0 Å². The van der Waals surface area contributed by atoms with E-state index in [4.69, 9.17) is 17.0 Å². The van der Waals surface area contributed by atoms with Gasteiger partial charge in [-0.25, -0.2) is 0 Å². The minimum atomic E-state index is 0.569. The molecule has 2 rings (SSSR count). The van der Waals surface area contributed by atoms with Gasteiger partial charge in [0, 0.05) is 5.69 Å². The van der Waals surface area contributed by atoms with E-state index in [0.717, 1.165) is 11.4 Å². The summed E-state index contributed by atoms with van der Waals surface area (Å²) < 4.78 is 5.58. The molecule has 0 spiro atoms. The fraction of sp³-hybridized carbons (Fsp3) is 0.188. The molecule has 0 saturated heterocycles. The predicted octanol–water partition coefficient (Wildman–Crippen LogP) is 3.36. The molecular weight excluding hydrogens is 268 g/mol. The van der Waals surface area contributed by atoms with E-state index in [0.29, 0.717) is 18.3 Å². The Morgan fingerprint density at radius 3 is 2.65 bits per heavy atom. The first-order chi connectivity index (χ1) is 9.74. The number of benzene rings is 2. The first-order valence-corrected chi connectivity index (χ1v) is 6.94. The lowest BCUT2D eigenvalue weighted by atomic mass is 10.2. The summed E-state index contributed by atoms with van der Waals surface area (Å²) in [7, 11) is 0. The summed E-state index contributed by atoms with van der Waals surface area (Å²) in [4.78, 5) is 0. The molecule has 2 aromatic carbocycles. The number of para-hydroxylation sites is 1. The maximum absolute atomic E-state index is 5.58. The number of ether oxygens (including phenoxy) is 1. The molecule has 0 aliphatic rings. The van der Waals surface area contributed by atoms with Crippen LogP contribution in [0.1, 0.15) is 5.56 Å². The van der Waals surface area contributed by atoms with Crippen LogP contribution in [-0.4, -0.2) is 18.3 Å². The van der Waals surface area contributed by atoms with Crippen molar-refractivity contribution in [2.45, 2.75) is 6.92 Å². The monoisotopic (exact) mass is 286 g/mol. The van der Waals surface area contributed by atoms with E-state index in [2.05, 4.69) is 29.7 Å². The molecule has 0 fully saturated rings. The maximum atomic E-state index is 5.58. The normalized spacial score (nSPS) is 9.85. The first kappa shape index (κ1) is 14.3. The van der Waals surface area contributed by atoms with Gasteiger partial charge in [0.2, 0.25) is 0 Å². The van der Waals surface area contributed by atoms with Crippen molar-refractivity contribution in [3.63, 3.8) is 0 Å². The van der Waals surface area contributed by atoms with Gasteiger partial charge in [-0.3, -0.25) is 0 Å². The van der Waals surface area contributed by atoms with Crippen molar-refractivity contribution in [1.82, 2.24) is 5.32 Å². The van der Waals surface area contributed by atoms with E-state index >= 15 is 0 Å². The lowest BCUT2D eigenvalue weighted by molar-refractivity contribution is 0.323. The van der Waals surface area contributed by atoms with Crippen LogP contribution in [0.25, 0.3) is 0 Å². The van der Waals surface area contributed by atoms with Crippen molar-refractivity contribution >= 4 is 23.0 Å². The molecule has 0 aliphatic carbocycles. The second-order valence-corrected chi connectivity index (χ2v) is 4.82. The summed E-state index contributed by atoms with van der Waals surface area (Å²) in [5.74, 6) is 0.867. The summed E-state index contributed by atoms with van der Waals surface area (Å²) in [5.41, 5.74) is 2.19. The molecule has 0 bridgehead atoms. The Morgan fingerprint density at radius 2 is 1.90 bits per heavy atom. The van der Waals surface area contributed by atoms with Crippen molar-refractivity contribution in [2.75, 3.05) is 18.5 Å². The van der Waals surface area contributed by atoms with Gasteiger partial charge in [0.05, 0.1) is 6.54 Å². The molecule has 0 atom stereocenters. The van der Waals surface area contributed by atoms with Crippen LogP contribution in [-0.2, 0) is 0 Å². The highest BCUT2D eigenvalue weighted by molar-refractivity contribution is 7.80. The summed E-state index contributed by atoms with van der Waals surface area (Å²) >= 11 is 5.23. The van der Waals surface area contributed by atoms with Gasteiger partial charge in [-0.15, -0.1) is 0 Å². The molecule has 0 saturated carbocycles. The van der Waals surface area contributed by atoms with Crippen LogP contribution in [0, 0.1) is 6.92 Å². The van der Waals surface area contributed by atoms with Crippen molar-refractivity contribution < 1.29 is 4.74 Å². The van der Waals surface area contributed by atoms with E-state index < -0.39 is 0 Å². The number of aryl methyl sites for hydroxylation is 1. The van der Waals surface area contributed by atoms with Crippen LogP contribution in [0.3, 0.4) is 0 Å². The number of anilines is 1. The SMILES string of the molecule is Cc1cccc(NC(=S)NCCOc2ccccc2)c1. The Kier molecular flexibility index (Phi) is 5.38. The van der Waals surface area contributed by atoms with Gasteiger partial charge in [0.25, 0.3) is 0 Å². The highest BCUT2D eigenvalue weighted by Crippen LogP contribution is 2.09. The van der Waals surface area contributed by atoms with Crippen LogP contribution < -0.4 is 15.4 Å². The maximum Gasteiger partial charge on any atom is 0.170 e. The van der Waals surface area contributed by atoms with Crippen LogP contribution in [0.4, 0.5) is 5.69 Å². The highest BCUT2D eigenvalue weighted by atomic mass is 32.1. The van der Waals surface area contributed by atoms with Gasteiger partial charge < -0.3 is 15.4 Å². The van der Waals surface area contributed by atoms with Crippen LogP contribution in [0.2, 0.25) is 0 Å². The molecule has 0 radical (unpaired) electrons. The smallest absolute Gasteiger partial charge is 0.170 e.